The Labute approximate surface area is 280 Å². The molecule has 0 saturated carbocycles. The Hall–Kier alpha value is -1.18. The molecule has 4 atom stereocenters. The van der Waals surface area contributed by atoms with Crippen molar-refractivity contribution in [2.45, 2.75) is 117 Å². The minimum Gasteiger partial charge on any atom is -0.389 e. The zero-order valence-corrected chi connectivity index (χ0v) is 29.5. The van der Waals surface area contributed by atoms with Gasteiger partial charge in [-0.25, -0.2) is 0 Å². The molecule has 0 heterocycles. The van der Waals surface area contributed by atoms with E-state index in [1.54, 1.807) is 0 Å². The van der Waals surface area contributed by atoms with Gasteiger partial charge in [-0.2, -0.15) is 0 Å². The average Bonchev–Trinajstić information content (AvgIpc) is 3.02. The smallest absolute Gasteiger partial charge is 0.0900 e. The third-order valence-corrected chi connectivity index (χ3v) is 7.49. The van der Waals surface area contributed by atoms with Crippen LogP contribution in [-0.4, -0.2) is 134 Å². The number of benzene rings is 1. The van der Waals surface area contributed by atoms with Crippen LogP contribution in [0.2, 0.25) is 0 Å². The minimum absolute atomic E-state index is 0.254. The van der Waals surface area contributed by atoms with E-state index in [0.717, 1.165) is 62.5 Å². The van der Waals surface area contributed by atoms with E-state index >= 15 is 0 Å². The van der Waals surface area contributed by atoms with Crippen molar-refractivity contribution in [2.24, 2.45) is 0 Å². The molecule has 1 aromatic rings. The van der Waals surface area contributed by atoms with Crippen LogP contribution in [0.15, 0.2) is 24.3 Å². The lowest BCUT2D eigenvalue weighted by atomic mass is 10.1. The predicted molar refractivity (Wildman–Crippen MR) is 184 cm³/mol. The Bertz CT molecular complexity index is 719. The summed E-state index contributed by atoms with van der Waals surface area (Å²) in [6.45, 7) is 14.5. The maximum Gasteiger partial charge on any atom is 0.0900 e. The third kappa shape index (κ3) is 23.2. The van der Waals surface area contributed by atoms with Crippen molar-refractivity contribution in [1.29, 1.82) is 0 Å². The third-order valence-electron chi connectivity index (χ3n) is 7.49. The highest BCUT2D eigenvalue weighted by atomic mass is 16.5. The number of hydrogen-bond donors (Lipinski definition) is 4. The molecule has 1 rings (SSSR count). The summed E-state index contributed by atoms with van der Waals surface area (Å²) < 4.78 is 22.6. The van der Waals surface area contributed by atoms with E-state index in [-0.39, 0.29) is 26.4 Å². The van der Waals surface area contributed by atoms with Gasteiger partial charge in [0, 0.05) is 65.7 Å². The highest BCUT2D eigenvalue weighted by molar-refractivity contribution is 5.23. The number of nitrogens with zero attached hydrogens (tertiary/aromatic N) is 2. The molecule has 0 spiro atoms. The van der Waals surface area contributed by atoms with Crippen molar-refractivity contribution >= 4 is 0 Å². The topological polar surface area (TPSA) is 124 Å². The SMILES string of the molecule is CCCCOCC(O)CN(Cc1cccc(CN(CC(O)COCCCC)CC(O)COCCCC)c1)CC(O)COCCCC. The van der Waals surface area contributed by atoms with Crippen molar-refractivity contribution in [3.05, 3.63) is 35.4 Å². The zero-order valence-electron chi connectivity index (χ0n) is 29.5. The molecule has 46 heavy (non-hydrogen) atoms. The van der Waals surface area contributed by atoms with Gasteiger partial charge in [-0.15, -0.1) is 0 Å². The van der Waals surface area contributed by atoms with E-state index in [0.29, 0.717) is 65.7 Å². The van der Waals surface area contributed by atoms with Gasteiger partial charge in [0.25, 0.3) is 0 Å². The van der Waals surface area contributed by atoms with Gasteiger partial charge in [-0.1, -0.05) is 77.6 Å². The number of ether oxygens (including phenoxy) is 4. The molecule has 0 aliphatic carbocycles. The fraction of sp³-hybridized carbons (Fsp3) is 0.833. The lowest BCUT2D eigenvalue weighted by molar-refractivity contribution is -0.0131. The molecule has 0 amide bonds. The first-order valence-electron chi connectivity index (χ1n) is 17.9. The van der Waals surface area contributed by atoms with Gasteiger partial charge >= 0.3 is 0 Å². The molecule has 0 bridgehead atoms. The molecule has 0 saturated heterocycles. The van der Waals surface area contributed by atoms with Crippen LogP contribution < -0.4 is 0 Å². The van der Waals surface area contributed by atoms with Crippen molar-refractivity contribution in [2.75, 3.05) is 79.0 Å². The van der Waals surface area contributed by atoms with E-state index in [9.17, 15) is 20.4 Å². The Morgan fingerprint density at radius 3 is 1.04 bits per heavy atom. The summed E-state index contributed by atoms with van der Waals surface area (Å²) in [6, 6.07) is 8.20. The number of unbranched alkanes of at least 4 members (excludes halogenated alkanes) is 4. The normalized spacial score (nSPS) is 14.7. The highest BCUT2D eigenvalue weighted by Gasteiger charge is 2.19. The summed E-state index contributed by atoms with van der Waals surface area (Å²) in [5.41, 5.74) is 2.09. The molecule has 270 valence electrons. The molecule has 10 nitrogen and oxygen atoms in total. The summed E-state index contributed by atoms with van der Waals surface area (Å²) >= 11 is 0. The molecule has 4 unspecified atom stereocenters. The number of rotatable bonds is 32. The Morgan fingerprint density at radius 2 is 0.783 bits per heavy atom. The second-order valence-corrected chi connectivity index (χ2v) is 12.5. The quantitative estimate of drug-likeness (QED) is 0.0847. The van der Waals surface area contributed by atoms with Crippen LogP contribution in [-0.2, 0) is 32.0 Å². The summed E-state index contributed by atoms with van der Waals surface area (Å²) in [5, 5.41) is 42.9. The van der Waals surface area contributed by atoms with Gasteiger partial charge in [0.1, 0.15) is 0 Å². The van der Waals surface area contributed by atoms with Gasteiger partial charge in [-0.05, 0) is 36.8 Å². The molecule has 0 aromatic heterocycles. The maximum absolute atomic E-state index is 10.7. The molecular formula is C36H68N2O8. The lowest BCUT2D eigenvalue weighted by Crippen LogP contribution is -2.41. The van der Waals surface area contributed by atoms with Gasteiger partial charge < -0.3 is 39.4 Å². The number of aliphatic hydroxyl groups is 4. The maximum atomic E-state index is 10.7. The van der Waals surface area contributed by atoms with Gasteiger partial charge in [0.15, 0.2) is 0 Å². The first-order chi connectivity index (χ1) is 22.3. The van der Waals surface area contributed by atoms with Crippen LogP contribution >= 0.6 is 0 Å². The summed E-state index contributed by atoms with van der Waals surface area (Å²) in [6.07, 6.45) is 5.29. The molecule has 0 fully saturated rings. The van der Waals surface area contributed by atoms with E-state index < -0.39 is 24.4 Å². The van der Waals surface area contributed by atoms with Crippen LogP contribution in [0.1, 0.15) is 90.2 Å². The van der Waals surface area contributed by atoms with Crippen molar-refractivity contribution in [3.63, 3.8) is 0 Å². The second-order valence-electron chi connectivity index (χ2n) is 12.5. The van der Waals surface area contributed by atoms with E-state index in [4.69, 9.17) is 18.9 Å². The summed E-state index contributed by atoms with van der Waals surface area (Å²) in [4.78, 5) is 4.10. The molecule has 10 heteroatoms. The standard InChI is InChI=1S/C36H68N2O8/c1-5-9-16-43-27-33(39)23-37(24-34(40)28-44-17-10-6-2)21-31-14-13-15-32(20-31)22-38(25-35(41)29-45-18-11-7-3)26-36(42)30-46-19-12-8-4/h13-15,20,33-36,39-42H,5-12,16-19,21-30H2,1-4H3. The summed E-state index contributed by atoms with van der Waals surface area (Å²) in [7, 11) is 0. The first-order valence-corrected chi connectivity index (χ1v) is 17.9. The monoisotopic (exact) mass is 656 g/mol. The molecule has 4 N–H and O–H groups in total. The molecular weight excluding hydrogens is 588 g/mol. The van der Waals surface area contributed by atoms with Gasteiger partial charge in [0.05, 0.1) is 50.8 Å². The van der Waals surface area contributed by atoms with Crippen LogP contribution in [0.25, 0.3) is 0 Å². The predicted octanol–water partition coefficient (Wildman–Crippen LogP) is 4.00. The number of aliphatic hydroxyl groups excluding tert-OH is 4. The minimum atomic E-state index is -0.675. The molecule has 0 aliphatic rings. The van der Waals surface area contributed by atoms with Crippen LogP contribution in [0.3, 0.4) is 0 Å². The molecule has 0 radical (unpaired) electrons. The van der Waals surface area contributed by atoms with Gasteiger partial charge in [0.2, 0.25) is 0 Å². The van der Waals surface area contributed by atoms with Crippen molar-refractivity contribution in [3.8, 4) is 0 Å². The Kier molecular flexibility index (Phi) is 26.8. The largest absolute Gasteiger partial charge is 0.389 e. The summed E-state index contributed by atoms with van der Waals surface area (Å²) in [5.74, 6) is 0. The lowest BCUT2D eigenvalue weighted by Gasteiger charge is -2.29. The van der Waals surface area contributed by atoms with Crippen molar-refractivity contribution in [1.82, 2.24) is 9.80 Å². The van der Waals surface area contributed by atoms with E-state index in [1.165, 1.54) is 0 Å². The van der Waals surface area contributed by atoms with E-state index in [1.807, 2.05) is 28.0 Å². The Morgan fingerprint density at radius 1 is 0.500 bits per heavy atom. The van der Waals surface area contributed by atoms with E-state index in [2.05, 4.69) is 33.8 Å². The van der Waals surface area contributed by atoms with Gasteiger partial charge in [-0.3, -0.25) is 9.80 Å². The fourth-order valence-electron chi connectivity index (χ4n) is 5.02. The fourth-order valence-corrected chi connectivity index (χ4v) is 5.02. The average molecular weight is 657 g/mol. The first kappa shape index (κ1) is 42.8. The number of hydrogen-bond acceptors (Lipinski definition) is 10. The molecule has 1 aromatic carbocycles. The van der Waals surface area contributed by atoms with Crippen LogP contribution in [0, 0.1) is 0 Å². The zero-order chi connectivity index (χ0) is 33.8. The van der Waals surface area contributed by atoms with Crippen LogP contribution in [0.4, 0.5) is 0 Å². The van der Waals surface area contributed by atoms with Crippen molar-refractivity contribution < 1.29 is 39.4 Å². The second kappa shape index (κ2) is 28.8. The Balaban J connectivity index is 2.94. The molecule has 0 aliphatic heterocycles. The van der Waals surface area contributed by atoms with Crippen LogP contribution in [0.5, 0.6) is 0 Å². The highest BCUT2D eigenvalue weighted by Crippen LogP contribution is 2.14.